The normalized spacial score (nSPS) is 11.8. The molecule has 0 fully saturated rings. The maximum Gasteiger partial charge on any atom is 0.227 e. The van der Waals surface area contributed by atoms with Crippen molar-refractivity contribution in [3.63, 3.8) is 0 Å². The lowest BCUT2D eigenvalue weighted by atomic mass is 10.1. The minimum Gasteiger partial charge on any atom is -0.456 e. The number of nitrogens with zero attached hydrogens (tertiary/aromatic N) is 5. The third-order valence-electron chi connectivity index (χ3n) is 9.91. The molecule has 0 saturated heterocycles. The van der Waals surface area contributed by atoms with Gasteiger partial charge in [0, 0.05) is 49.5 Å². The number of furan rings is 1. The van der Waals surface area contributed by atoms with E-state index in [0.29, 0.717) is 28.9 Å². The first-order valence-electron chi connectivity index (χ1n) is 17.5. The van der Waals surface area contributed by atoms with Gasteiger partial charge in [-0.3, -0.25) is 0 Å². The molecule has 11 aromatic rings. The maximum atomic E-state index is 6.41. The minimum absolute atomic E-state index is 0.536. The highest BCUT2D eigenvalue weighted by Gasteiger charge is 2.19. The van der Waals surface area contributed by atoms with Gasteiger partial charge in [0.1, 0.15) is 16.7 Å². The zero-order valence-corrected chi connectivity index (χ0v) is 28.1. The van der Waals surface area contributed by atoms with Crippen molar-refractivity contribution in [1.29, 1.82) is 0 Å². The Labute approximate surface area is 302 Å². The van der Waals surface area contributed by atoms with Gasteiger partial charge in [-0.2, -0.15) is 0 Å². The first-order valence-corrected chi connectivity index (χ1v) is 17.5. The van der Waals surface area contributed by atoms with E-state index < -0.39 is 0 Å². The summed E-state index contributed by atoms with van der Waals surface area (Å²) in [5.74, 6) is 2.23. The molecule has 0 unspecified atom stereocenters. The first kappa shape index (κ1) is 29.4. The number of oxazole rings is 1. The highest BCUT2D eigenvalue weighted by molar-refractivity contribution is 6.12. The molecule has 0 N–H and O–H groups in total. The predicted octanol–water partition coefficient (Wildman–Crippen LogP) is 11.7. The maximum absolute atomic E-state index is 6.41. The monoisotopic (exact) mass is 681 g/mol. The van der Waals surface area contributed by atoms with Crippen LogP contribution in [0.1, 0.15) is 0 Å². The predicted molar refractivity (Wildman–Crippen MR) is 211 cm³/mol. The van der Waals surface area contributed by atoms with Gasteiger partial charge in [0.2, 0.25) is 5.89 Å². The lowest BCUT2D eigenvalue weighted by Crippen LogP contribution is -2.00. The second kappa shape index (κ2) is 11.6. The van der Waals surface area contributed by atoms with E-state index in [0.717, 1.165) is 55.4 Å². The van der Waals surface area contributed by atoms with Crippen LogP contribution in [0.3, 0.4) is 0 Å². The second-order valence-electron chi connectivity index (χ2n) is 13.1. The van der Waals surface area contributed by atoms with Crippen molar-refractivity contribution in [2.45, 2.75) is 0 Å². The van der Waals surface area contributed by atoms with Crippen LogP contribution < -0.4 is 0 Å². The fraction of sp³-hybridized carbons (Fsp3) is 0. The molecule has 0 radical (unpaired) electrons. The Kier molecular flexibility index (Phi) is 6.42. The molecular weight excluding hydrogens is 655 g/mol. The number of hydrogen-bond donors (Lipinski definition) is 0. The summed E-state index contributed by atoms with van der Waals surface area (Å²) in [6, 6.07) is 55.3. The van der Waals surface area contributed by atoms with Crippen LogP contribution in [0.2, 0.25) is 0 Å². The van der Waals surface area contributed by atoms with Gasteiger partial charge in [-0.05, 0) is 66.7 Å². The van der Waals surface area contributed by atoms with E-state index in [1.807, 2.05) is 84.9 Å². The standard InChI is InChI=1S/C46H27N5O2/c1-2-11-28(12-3-1)43-48-44(50-45(49-43)35-16-10-20-40-42(35)34-15-6-9-19-39(34)52-40)30-23-26-36-41(27-30)53-46(47-36)29-21-24-31(25-22-29)51-37-17-7-4-13-32(37)33-14-5-8-18-38(33)51/h1-27H. The smallest absolute Gasteiger partial charge is 0.227 e. The van der Waals surface area contributed by atoms with E-state index in [9.17, 15) is 0 Å². The Morgan fingerprint density at radius 3 is 1.79 bits per heavy atom. The third kappa shape index (κ3) is 4.75. The summed E-state index contributed by atoms with van der Waals surface area (Å²) < 4.78 is 14.9. The summed E-state index contributed by atoms with van der Waals surface area (Å²) in [7, 11) is 0. The van der Waals surface area contributed by atoms with Crippen LogP contribution >= 0.6 is 0 Å². The number of rotatable bonds is 5. The zero-order chi connectivity index (χ0) is 34.9. The van der Waals surface area contributed by atoms with Crippen LogP contribution in [0.25, 0.3) is 106 Å². The van der Waals surface area contributed by atoms with Crippen molar-refractivity contribution in [3.05, 3.63) is 164 Å². The SMILES string of the molecule is c1ccc(-c2nc(-c3ccc4nc(-c5ccc(-n6c7ccccc7c7ccccc76)cc5)oc4c3)nc(-c3cccc4oc5ccccc5c34)n2)cc1. The average molecular weight is 682 g/mol. The lowest BCUT2D eigenvalue weighted by Gasteiger charge is -2.09. The number of fused-ring (bicyclic) bond motifs is 7. The van der Waals surface area contributed by atoms with Crippen LogP contribution in [0.4, 0.5) is 0 Å². The fourth-order valence-corrected chi connectivity index (χ4v) is 7.44. The van der Waals surface area contributed by atoms with Crippen molar-refractivity contribution in [2.75, 3.05) is 0 Å². The molecule has 0 amide bonds. The molecule has 53 heavy (non-hydrogen) atoms. The Balaban J connectivity index is 1.00. The molecule has 7 nitrogen and oxygen atoms in total. The quantitative estimate of drug-likeness (QED) is 0.180. The average Bonchev–Trinajstić information content (AvgIpc) is 3.93. The Bertz CT molecular complexity index is 3120. The zero-order valence-electron chi connectivity index (χ0n) is 28.1. The number of benzene rings is 7. The first-order chi connectivity index (χ1) is 26.2. The van der Waals surface area contributed by atoms with Crippen molar-refractivity contribution in [3.8, 4) is 51.3 Å². The van der Waals surface area contributed by atoms with Crippen molar-refractivity contribution >= 4 is 54.8 Å². The van der Waals surface area contributed by atoms with Crippen molar-refractivity contribution in [1.82, 2.24) is 24.5 Å². The molecule has 4 heterocycles. The number of hydrogen-bond acceptors (Lipinski definition) is 6. The molecule has 0 aliphatic carbocycles. The summed E-state index contributed by atoms with van der Waals surface area (Å²) >= 11 is 0. The van der Waals surface area contributed by atoms with E-state index in [4.69, 9.17) is 28.8 Å². The van der Waals surface area contributed by atoms with Gasteiger partial charge in [0.25, 0.3) is 0 Å². The number of aromatic nitrogens is 5. The summed E-state index contributed by atoms with van der Waals surface area (Å²) in [5.41, 5.74) is 9.88. The van der Waals surface area contributed by atoms with E-state index in [1.54, 1.807) is 0 Å². The molecule has 4 aromatic heterocycles. The van der Waals surface area contributed by atoms with Crippen LogP contribution in [0, 0.1) is 0 Å². The molecule has 11 rings (SSSR count). The van der Waals surface area contributed by atoms with Crippen molar-refractivity contribution in [2.24, 2.45) is 0 Å². The fourth-order valence-electron chi connectivity index (χ4n) is 7.44. The molecule has 0 aliphatic heterocycles. The Morgan fingerprint density at radius 1 is 0.396 bits per heavy atom. The van der Waals surface area contributed by atoms with Crippen molar-refractivity contribution < 1.29 is 8.83 Å². The topological polar surface area (TPSA) is 82.8 Å². The van der Waals surface area contributed by atoms with E-state index in [2.05, 4.69) is 83.4 Å². The molecule has 0 atom stereocenters. The molecule has 0 saturated carbocycles. The highest BCUT2D eigenvalue weighted by atomic mass is 16.3. The van der Waals surface area contributed by atoms with Gasteiger partial charge in [0.15, 0.2) is 23.1 Å². The minimum atomic E-state index is 0.536. The molecule has 0 bridgehead atoms. The van der Waals surface area contributed by atoms with Gasteiger partial charge < -0.3 is 13.4 Å². The summed E-state index contributed by atoms with van der Waals surface area (Å²) in [5, 5.41) is 4.45. The summed E-state index contributed by atoms with van der Waals surface area (Å²) in [4.78, 5) is 19.9. The summed E-state index contributed by atoms with van der Waals surface area (Å²) in [6.45, 7) is 0. The van der Waals surface area contributed by atoms with Gasteiger partial charge in [-0.15, -0.1) is 0 Å². The molecule has 0 aliphatic rings. The van der Waals surface area contributed by atoms with Gasteiger partial charge in [-0.1, -0.05) is 97.1 Å². The molecule has 7 heteroatoms. The third-order valence-corrected chi connectivity index (χ3v) is 9.91. The van der Waals surface area contributed by atoms with Gasteiger partial charge in [0.05, 0.1) is 11.0 Å². The van der Waals surface area contributed by atoms with E-state index in [-0.39, 0.29) is 0 Å². The van der Waals surface area contributed by atoms with Gasteiger partial charge >= 0.3 is 0 Å². The molecule has 0 spiro atoms. The number of para-hydroxylation sites is 3. The van der Waals surface area contributed by atoms with Crippen LogP contribution in [0.15, 0.2) is 173 Å². The van der Waals surface area contributed by atoms with Crippen LogP contribution in [-0.4, -0.2) is 24.5 Å². The largest absolute Gasteiger partial charge is 0.456 e. The van der Waals surface area contributed by atoms with Crippen LogP contribution in [-0.2, 0) is 0 Å². The highest BCUT2D eigenvalue weighted by Crippen LogP contribution is 2.37. The van der Waals surface area contributed by atoms with Gasteiger partial charge in [-0.25, -0.2) is 19.9 Å². The van der Waals surface area contributed by atoms with E-state index in [1.165, 1.54) is 21.8 Å². The van der Waals surface area contributed by atoms with E-state index >= 15 is 0 Å². The Morgan fingerprint density at radius 2 is 1.02 bits per heavy atom. The molecule has 248 valence electrons. The molecular formula is C46H27N5O2. The molecule has 7 aromatic carbocycles. The summed E-state index contributed by atoms with van der Waals surface area (Å²) in [6.07, 6.45) is 0. The lowest BCUT2D eigenvalue weighted by molar-refractivity contribution is 0.620. The second-order valence-corrected chi connectivity index (χ2v) is 13.1. The van der Waals surface area contributed by atoms with Crippen LogP contribution in [0.5, 0.6) is 0 Å². The Hall–Kier alpha value is -7.38.